The minimum Gasteiger partial charge on any atom is -0.481 e. The van der Waals surface area contributed by atoms with Gasteiger partial charge in [-0.15, -0.1) is 0 Å². The van der Waals surface area contributed by atoms with Crippen LogP contribution in [0.4, 0.5) is 0 Å². The highest BCUT2D eigenvalue weighted by atomic mass is 16.4. The van der Waals surface area contributed by atoms with Crippen molar-refractivity contribution in [3.05, 3.63) is 0 Å². The lowest BCUT2D eigenvalue weighted by Gasteiger charge is -2.32. The van der Waals surface area contributed by atoms with Gasteiger partial charge in [-0.1, -0.05) is 19.3 Å². The van der Waals surface area contributed by atoms with Crippen LogP contribution < -0.4 is 11.1 Å². The van der Waals surface area contributed by atoms with Gasteiger partial charge in [0.1, 0.15) is 0 Å². The largest absolute Gasteiger partial charge is 0.481 e. The van der Waals surface area contributed by atoms with E-state index in [-0.39, 0.29) is 18.4 Å². The quantitative estimate of drug-likeness (QED) is 0.658. The van der Waals surface area contributed by atoms with Crippen molar-refractivity contribution in [2.24, 2.45) is 5.73 Å². The molecule has 5 nitrogen and oxygen atoms in total. The zero-order chi connectivity index (χ0) is 12.2. The number of carboxylic acids is 1. The third-order valence-corrected chi connectivity index (χ3v) is 3.06. The van der Waals surface area contributed by atoms with Crippen molar-refractivity contribution in [1.82, 2.24) is 5.32 Å². The van der Waals surface area contributed by atoms with E-state index in [0.29, 0.717) is 12.8 Å². The molecule has 16 heavy (non-hydrogen) atoms. The first kappa shape index (κ1) is 13.0. The third-order valence-electron chi connectivity index (χ3n) is 3.06. The van der Waals surface area contributed by atoms with Gasteiger partial charge in [-0.25, -0.2) is 0 Å². The maximum absolute atomic E-state index is 11.9. The molecule has 5 heteroatoms. The molecule has 0 aromatic rings. The molecular formula is C11H20N2O3. The molecule has 0 aromatic carbocycles. The predicted molar refractivity (Wildman–Crippen MR) is 59.9 cm³/mol. The lowest BCUT2D eigenvalue weighted by molar-refractivity contribution is -0.137. The number of carboxylic acid groups (broad SMARTS) is 1. The SMILES string of the molecule is CC(CC(=O)O)NC(=O)C1(N)CCCCC1. The minimum atomic E-state index is -0.914. The van der Waals surface area contributed by atoms with Gasteiger partial charge in [0.05, 0.1) is 12.0 Å². The van der Waals surface area contributed by atoms with Crippen LogP contribution in [0.1, 0.15) is 45.4 Å². The van der Waals surface area contributed by atoms with Crippen molar-refractivity contribution >= 4 is 11.9 Å². The van der Waals surface area contributed by atoms with Crippen LogP contribution in [0.3, 0.4) is 0 Å². The van der Waals surface area contributed by atoms with Crippen LogP contribution in [0.5, 0.6) is 0 Å². The van der Waals surface area contributed by atoms with E-state index >= 15 is 0 Å². The number of carbonyl (C=O) groups excluding carboxylic acids is 1. The molecule has 0 aromatic heterocycles. The normalized spacial score (nSPS) is 21.1. The first-order valence-electron chi connectivity index (χ1n) is 5.76. The summed E-state index contributed by atoms with van der Waals surface area (Å²) >= 11 is 0. The summed E-state index contributed by atoms with van der Waals surface area (Å²) < 4.78 is 0. The maximum Gasteiger partial charge on any atom is 0.305 e. The highest BCUT2D eigenvalue weighted by Crippen LogP contribution is 2.26. The molecule has 0 aliphatic heterocycles. The molecule has 1 saturated carbocycles. The second-order valence-electron chi connectivity index (χ2n) is 4.69. The van der Waals surface area contributed by atoms with E-state index < -0.39 is 11.5 Å². The zero-order valence-electron chi connectivity index (χ0n) is 9.66. The van der Waals surface area contributed by atoms with E-state index in [4.69, 9.17) is 10.8 Å². The Kier molecular flexibility index (Phi) is 4.29. The van der Waals surface area contributed by atoms with E-state index in [1.807, 2.05) is 0 Å². The fraction of sp³-hybridized carbons (Fsp3) is 0.818. The van der Waals surface area contributed by atoms with E-state index in [9.17, 15) is 9.59 Å². The summed E-state index contributed by atoms with van der Waals surface area (Å²) in [7, 11) is 0. The van der Waals surface area contributed by atoms with Crippen LogP contribution in [0.15, 0.2) is 0 Å². The van der Waals surface area contributed by atoms with Crippen LogP contribution in [-0.2, 0) is 9.59 Å². The monoisotopic (exact) mass is 228 g/mol. The van der Waals surface area contributed by atoms with Crippen molar-refractivity contribution in [2.75, 3.05) is 0 Å². The number of nitrogens with two attached hydrogens (primary N) is 1. The van der Waals surface area contributed by atoms with Gasteiger partial charge in [-0.05, 0) is 19.8 Å². The molecule has 0 radical (unpaired) electrons. The molecule has 1 rings (SSSR count). The summed E-state index contributed by atoms with van der Waals surface area (Å²) in [6.45, 7) is 1.68. The number of hydrogen-bond donors (Lipinski definition) is 3. The molecule has 1 unspecified atom stereocenters. The summed E-state index contributed by atoms with van der Waals surface area (Å²) in [4.78, 5) is 22.3. The summed E-state index contributed by atoms with van der Waals surface area (Å²) in [5.74, 6) is -1.12. The Morgan fingerprint density at radius 1 is 1.38 bits per heavy atom. The Balaban J connectivity index is 2.47. The summed E-state index contributed by atoms with van der Waals surface area (Å²) in [5, 5.41) is 11.3. The lowest BCUT2D eigenvalue weighted by Crippen LogP contribution is -2.56. The highest BCUT2D eigenvalue weighted by Gasteiger charge is 2.35. The van der Waals surface area contributed by atoms with Gasteiger partial charge in [-0.2, -0.15) is 0 Å². The highest BCUT2D eigenvalue weighted by molar-refractivity contribution is 5.86. The van der Waals surface area contributed by atoms with Crippen molar-refractivity contribution in [1.29, 1.82) is 0 Å². The Morgan fingerprint density at radius 2 is 1.94 bits per heavy atom. The van der Waals surface area contributed by atoms with Gasteiger partial charge in [0.25, 0.3) is 0 Å². The van der Waals surface area contributed by atoms with E-state index in [1.54, 1.807) is 6.92 Å². The molecule has 4 N–H and O–H groups in total. The molecule has 1 aliphatic carbocycles. The van der Waals surface area contributed by atoms with E-state index in [2.05, 4.69) is 5.32 Å². The van der Waals surface area contributed by atoms with Crippen LogP contribution in [0.2, 0.25) is 0 Å². The molecule has 1 atom stereocenters. The molecule has 92 valence electrons. The van der Waals surface area contributed by atoms with Crippen LogP contribution in [-0.4, -0.2) is 28.6 Å². The Bertz CT molecular complexity index is 272. The number of carbonyl (C=O) groups is 2. The van der Waals surface area contributed by atoms with Crippen molar-refractivity contribution < 1.29 is 14.7 Å². The van der Waals surface area contributed by atoms with E-state index in [1.165, 1.54) is 0 Å². The molecule has 0 saturated heterocycles. The molecule has 1 fully saturated rings. The number of hydrogen-bond acceptors (Lipinski definition) is 3. The Morgan fingerprint density at radius 3 is 2.44 bits per heavy atom. The molecule has 0 heterocycles. The maximum atomic E-state index is 11.9. The van der Waals surface area contributed by atoms with Crippen molar-refractivity contribution in [3.63, 3.8) is 0 Å². The van der Waals surface area contributed by atoms with Crippen molar-refractivity contribution in [3.8, 4) is 0 Å². The smallest absolute Gasteiger partial charge is 0.305 e. The van der Waals surface area contributed by atoms with Gasteiger partial charge in [0.15, 0.2) is 0 Å². The van der Waals surface area contributed by atoms with Gasteiger partial charge in [0.2, 0.25) is 5.91 Å². The Hall–Kier alpha value is -1.10. The molecule has 1 aliphatic rings. The number of aliphatic carboxylic acids is 1. The first-order valence-corrected chi connectivity index (χ1v) is 5.76. The predicted octanol–water partition coefficient (Wildman–Crippen LogP) is 0.627. The average Bonchev–Trinajstić information content (AvgIpc) is 2.17. The average molecular weight is 228 g/mol. The fourth-order valence-electron chi connectivity index (χ4n) is 2.09. The topological polar surface area (TPSA) is 92.4 Å². The molecular weight excluding hydrogens is 208 g/mol. The summed E-state index contributed by atoms with van der Waals surface area (Å²) in [6.07, 6.45) is 4.38. The number of nitrogens with one attached hydrogen (secondary N) is 1. The van der Waals surface area contributed by atoms with Gasteiger partial charge in [0, 0.05) is 6.04 Å². The van der Waals surface area contributed by atoms with Crippen LogP contribution in [0.25, 0.3) is 0 Å². The fourth-order valence-corrected chi connectivity index (χ4v) is 2.09. The zero-order valence-corrected chi connectivity index (χ0v) is 9.66. The van der Waals surface area contributed by atoms with Gasteiger partial charge < -0.3 is 16.2 Å². The Labute approximate surface area is 95.4 Å². The summed E-state index contributed by atoms with van der Waals surface area (Å²) in [6, 6.07) is -0.368. The third kappa shape index (κ3) is 3.48. The van der Waals surface area contributed by atoms with E-state index in [0.717, 1.165) is 19.3 Å². The van der Waals surface area contributed by atoms with Crippen LogP contribution in [0, 0.1) is 0 Å². The van der Waals surface area contributed by atoms with Gasteiger partial charge >= 0.3 is 5.97 Å². The van der Waals surface area contributed by atoms with Crippen molar-refractivity contribution in [2.45, 2.75) is 57.0 Å². The number of amides is 1. The lowest BCUT2D eigenvalue weighted by atomic mass is 9.81. The molecule has 0 spiro atoms. The second kappa shape index (κ2) is 5.30. The second-order valence-corrected chi connectivity index (χ2v) is 4.69. The number of rotatable bonds is 4. The van der Waals surface area contributed by atoms with Crippen LogP contribution >= 0.6 is 0 Å². The standard InChI is InChI=1S/C11H20N2O3/c1-8(7-9(14)15)13-10(16)11(12)5-3-2-4-6-11/h8H,2-7,12H2,1H3,(H,13,16)(H,14,15). The summed E-state index contributed by atoms with van der Waals surface area (Å²) in [5.41, 5.74) is 5.24. The molecule has 0 bridgehead atoms. The van der Waals surface area contributed by atoms with Gasteiger partial charge in [-0.3, -0.25) is 9.59 Å². The first-order chi connectivity index (χ1) is 7.44. The molecule has 1 amide bonds. The minimum absolute atomic E-state index is 0.0676.